The Labute approximate surface area is 231 Å². The molecule has 1 atom stereocenters. The molecule has 7 nitrogen and oxygen atoms in total. The number of amides is 1. The average Bonchev–Trinajstić information content (AvgIpc) is 3.25. The second-order valence-corrected chi connectivity index (χ2v) is 9.86. The Hall–Kier alpha value is -4.91. The fourth-order valence-electron chi connectivity index (χ4n) is 5.11. The van der Waals surface area contributed by atoms with Gasteiger partial charge in [-0.1, -0.05) is 48.0 Å². The van der Waals surface area contributed by atoms with Crippen LogP contribution in [0.15, 0.2) is 94.3 Å². The predicted octanol–water partition coefficient (Wildman–Crippen LogP) is 6.53. The minimum atomic E-state index is -0.764. The molecule has 0 saturated heterocycles. The maximum atomic E-state index is 14.0. The molecule has 2 aromatic heterocycles. The minimum absolute atomic E-state index is 0.0250. The van der Waals surface area contributed by atoms with Crippen molar-refractivity contribution in [2.24, 2.45) is 0 Å². The van der Waals surface area contributed by atoms with Crippen molar-refractivity contribution in [3.63, 3.8) is 0 Å². The third-order valence-corrected chi connectivity index (χ3v) is 6.99. The molecule has 6 rings (SSSR count). The third-order valence-electron chi connectivity index (χ3n) is 6.99. The van der Waals surface area contributed by atoms with E-state index in [9.17, 15) is 9.59 Å². The van der Waals surface area contributed by atoms with Crippen molar-refractivity contribution in [3.8, 4) is 11.5 Å². The zero-order valence-electron chi connectivity index (χ0n) is 22.5. The molecule has 1 aliphatic rings. The molecule has 0 saturated carbocycles. The van der Waals surface area contributed by atoms with E-state index in [0.717, 1.165) is 16.7 Å². The predicted molar refractivity (Wildman–Crippen MR) is 153 cm³/mol. The summed E-state index contributed by atoms with van der Waals surface area (Å²) in [6.45, 7) is 6.54. The Morgan fingerprint density at radius 2 is 1.68 bits per heavy atom. The SMILES string of the molecule is CCOc1cc(C2c3c(oc4ccc(C)cc4c3=O)C(=O)N2c2cc(C)ccn2)ccc1OCc1ccccc1. The minimum Gasteiger partial charge on any atom is -0.490 e. The number of hydrogen-bond acceptors (Lipinski definition) is 6. The lowest BCUT2D eigenvalue weighted by Gasteiger charge is -2.25. The van der Waals surface area contributed by atoms with Crippen molar-refractivity contribution in [2.75, 3.05) is 11.5 Å². The fraction of sp³-hybridized carbons (Fsp3) is 0.182. The van der Waals surface area contributed by atoms with Gasteiger partial charge in [0.25, 0.3) is 5.91 Å². The molecule has 0 bridgehead atoms. The second-order valence-electron chi connectivity index (χ2n) is 9.86. The van der Waals surface area contributed by atoms with Gasteiger partial charge in [-0.25, -0.2) is 4.98 Å². The molecule has 7 heteroatoms. The second kappa shape index (κ2) is 10.3. The van der Waals surface area contributed by atoms with Gasteiger partial charge in [-0.15, -0.1) is 0 Å². The van der Waals surface area contributed by atoms with Crippen LogP contribution in [0.2, 0.25) is 0 Å². The Bertz CT molecular complexity index is 1790. The smallest absolute Gasteiger partial charge is 0.296 e. The fourth-order valence-corrected chi connectivity index (χ4v) is 5.11. The van der Waals surface area contributed by atoms with E-state index >= 15 is 0 Å². The molecule has 0 fully saturated rings. The van der Waals surface area contributed by atoms with Crippen molar-refractivity contribution in [1.82, 2.24) is 4.98 Å². The topological polar surface area (TPSA) is 81.9 Å². The Balaban J connectivity index is 1.51. The first kappa shape index (κ1) is 25.4. The van der Waals surface area contributed by atoms with E-state index in [1.54, 1.807) is 18.3 Å². The molecule has 1 amide bonds. The zero-order chi connectivity index (χ0) is 27.8. The summed E-state index contributed by atoms with van der Waals surface area (Å²) in [4.78, 5) is 33.9. The standard InChI is InChI=1S/C33H28N2O5/c1-4-38-27-18-23(11-13-26(27)39-19-22-8-6-5-7-9-22)30-29-31(36)24-16-20(2)10-12-25(24)40-32(29)33(37)35(30)28-17-21(3)14-15-34-28/h5-18,30H,4,19H2,1-3H3. The van der Waals surface area contributed by atoms with Crippen LogP contribution in [-0.2, 0) is 6.61 Å². The van der Waals surface area contributed by atoms with E-state index in [1.807, 2.05) is 87.5 Å². The van der Waals surface area contributed by atoms with Crippen LogP contribution in [0.25, 0.3) is 11.0 Å². The van der Waals surface area contributed by atoms with Gasteiger partial charge in [0.05, 0.1) is 23.6 Å². The summed E-state index contributed by atoms with van der Waals surface area (Å²) in [5.41, 5.74) is 4.00. The van der Waals surface area contributed by atoms with Crippen LogP contribution in [0.5, 0.6) is 11.5 Å². The molecule has 1 unspecified atom stereocenters. The monoisotopic (exact) mass is 532 g/mol. The van der Waals surface area contributed by atoms with Gasteiger partial charge in [0.1, 0.15) is 18.0 Å². The Kier molecular flexibility index (Phi) is 6.56. The van der Waals surface area contributed by atoms with E-state index < -0.39 is 11.9 Å². The highest BCUT2D eigenvalue weighted by atomic mass is 16.5. The number of benzene rings is 3. The van der Waals surface area contributed by atoms with Crippen LogP contribution in [0.1, 0.15) is 51.3 Å². The number of pyridine rings is 1. The Morgan fingerprint density at radius 1 is 0.875 bits per heavy atom. The number of ether oxygens (including phenoxy) is 2. The van der Waals surface area contributed by atoms with Crippen LogP contribution in [0.3, 0.4) is 0 Å². The highest BCUT2D eigenvalue weighted by Crippen LogP contribution is 2.43. The van der Waals surface area contributed by atoms with Gasteiger partial charge in [-0.2, -0.15) is 0 Å². The summed E-state index contributed by atoms with van der Waals surface area (Å²) in [7, 11) is 0. The summed E-state index contributed by atoms with van der Waals surface area (Å²) >= 11 is 0. The van der Waals surface area contributed by atoms with Gasteiger partial charge < -0.3 is 13.9 Å². The Morgan fingerprint density at radius 3 is 2.45 bits per heavy atom. The van der Waals surface area contributed by atoms with E-state index in [4.69, 9.17) is 13.9 Å². The maximum Gasteiger partial charge on any atom is 0.296 e. The van der Waals surface area contributed by atoms with Crippen LogP contribution >= 0.6 is 0 Å². The van der Waals surface area contributed by atoms with E-state index in [1.165, 1.54) is 4.90 Å². The number of fused-ring (bicyclic) bond motifs is 2. The molecular weight excluding hydrogens is 504 g/mol. The molecule has 5 aromatic rings. The number of hydrogen-bond donors (Lipinski definition) is 0. The van der Waals surface area contributed by atoms with Gasteiger partial charge in [0.15, 0.2) is 16.9 Å². The number of aromatic nitrogens is 1. The maximum absolute atomic E-state index is 14.0. The lowest BCUT2D eigenvalue weighted by atomic mass is 9.97. The van der Waals surface area contributed by atoms with Crippen LogP contribution < -0.4 is 19.8 Å². The van der Waals surface area contributed by atoms with Crippen molar-refractivity contribution < 1.29 is 18.7 Å². The van der Waals surface area contributed by atoms with Gasteiger partial charge in [-0.05, 0) is 73.9 Å². The number of carbonyl (C=O) groups excluding carboxylic acids is 1. The molecule has 3 aromatic carbocycles. The van der Waals surface area contributed by atoms with Crippen molar-refractivity contribution >= 4 is 22.7 Å². The van der Waals surface area contributed by atoms with E-state index in [2.05, 4.69) is 4.98 Å². The quantitative estimate of drug-likeness (QED) is 0.237. The van der Waals surface area contributed by atoms with Gasteiger partial charge in [0.2, 0.25) is 5.76 Å². The summed E-state index contributed by atoms with van der Waals surface area (Å²) in [6.07, 6.45) is 1.65. The molecule has 1 aliphatic heterocycles. The number of carbonyl (C=O) groups is 1. The molecule has 0 radical (unpaired) electrons. The first-order chi connectivity index (χ1) is 19.4. The van der Waals surface area contributed by atoms with Crippen molar-refractivity contribution in [3.05, 3.63) is 129 Å². The first-order valence-corrected chi connectivity index (χ1v) is 13.2. The van der Waals surface area contributed by atoms with Crippen molar-refractivity contribution in [1.29, 1.82) is 0 Å². The van der Waals surface area contributed by atoms with Crippen LogP contribution in [0, 0.1) is 13.8 Å². The summed E-state index contributed by atoms with van der Waals surface area (Å²) in [5, 5.41) is 0.434. The van der Waals surface area contributed by atoms with Crippen LogP contribution in [-0.4, -0.2) is 17.5 Å². The molecular formula is C33H28N2O5. The summed E-state index contributed by atoms with van der Waals surface area (Å²) in [5.74, 6) is 1.14. The third kappa shape index (κ3) is 4.49. The number of nitrogens with zero attached hydrogens (tertiary/aromatic N) is 2. The number of aryl methyl sites for hydroxylation is 2. The summed E-state index contributed by atoms with van der Waals surface area (Å²) < 4.78 is 18.2. The lowest BCUT2D eigenvalue weighted by molar-refractivity contribution is 0.0970. The lowest BCUT2D eigenvalue weighted by Crippen LogP contribution is -2.30. The molecule has 0 aliphatic carbocycles. The van der Waals surface area contributed by atoms with Crippen LogP contribution in [0.4, 0.5) is 5.82 Å². The van der Waals surface area contributed by atoms with Crippen molar-refractivity contribution in [2.45, 2.75) is 33.4 Å². The number of rotatable bonds is 7. The molecule has 3 heterocycles. The van der Waals surface area contributed by atoms with Gasteiger partial charge in [0, 0.05) is 6.20 Å². The summed E-state index contributed by atoms with van der Waals surface area (Å²) in [6, 6.07) is 23.7. The first-order valence-electron chi connectivity index (χ1n) is 13.2. The van der Waals surface area contributed by atoms with Gasteiger partial charge in [-0.3, -0.25) is 14.5 Å². The number of anilines is 1. The average molecular weight is 533 g/mol. The van der Waals surface area contributed by atoms with E-state index in [0.29, 0.717) is 47.1 Å². The molecule has 40 heavy (non-hydrogen) atoms. The molecule has 0 spiro atoms. The van der Waals surface area contributed by atoms with Gasteiger partial charge >= 0.3 is 0 Å². The van der Waals surface area contributed by atoms with E-state index in [-0.39, 0.29) is 16.8 Å². The molecule has 200 valence electrons. The largest absolute Gasteiger partial charge is 0.490 e. The highest BCUT2D eigenvalue weighted by molar-refractivity contribution is 6.10. The normalized spacial score (nSPS) is 14.4. The zero-order valence-corrected chi connectivity index (χ0v) is 22.5. The highest BCUT2D eigenvalue weighted by Gasteiger charge is 2.44. The molecule has 0 N–H and O–H groups in total.